The van der Waals surface area contributed by atoms with Gasteiger partial charge in [0.05, 0.1) is 10.6 Å². The van der Waals surface area contributed by atoms with Crippen molar-refractivity contribution >= 4 is 15.9 Å². The molecule has 1 aliphatic rings. The first-order valence-corrected chi connectivity index (χ1v) is 7.25. The van der Waals surface area contributed by atoms with Gasteiger partial charge in [-0.1, -0.05) is 24.3 Å². The minimum atomic E-state index is -0.995. The summed E-state index contributed by atoms with van der Waals surface area (Å²) in [6, 6.07) is 10.1. The Hall–Kier alpha value is -1.26. The van der Waals surface area contributed by atoms with E-state index in [1.165, 1.54) is 11.1 Å². The van der Waals surface area contributed by atoms with E-state index < -0.39 is 17.7 Å². The van der Waals surface area contributed by atoms with E-state index in [0.29, 0.717) is 12.8 Å². The molecule has 1 N–H and O–H groups in total. The molecule has 1 nitrogen and oxygen atoms in total. The quantitative estimate of drug-likeness (QED) is 0.814. The molecule has 2 aromatic carbocycles. The highest BCUT2D eigenvalue weighted by molar-refractivity contribution is 9.10. The molecule has 1 unspecified atom stereocenters. The number of fused-ring (bicyclic) bond motifs is 1. The second-order valence-electron chi connectivity index (χ2n) is 5.17. The monoisotopic (exact) mass is 338 g/mol. The molecular weight excluding hydrogens is 326 g/mol. The molecule has 0 spiro atoms. The van der Waals surface area contributed by atoms with Gasteiger partial charge in [-0.15, -0.1) is 0 Å². The largest absolute Gasteiger partial charge is 0.388 e. The minimum Gasteiger partial charge on any atom is -0.388 e. The molecule has 0 amide bonds. The molecule has 1 aliphatic carbocycles. The van der Waals surface area contributed by atoms with Crippen LogP contribution in [-0.2, 0) is 12.8 Å². The van der Waals surface area contributed by atoms with Crippen LogP contribution < -0.4 is 0 Å². The Morgan fingerprint density at radius 2 is 1.65 bits per heavy atom. The number of hydrogen-bond acceptors (Lipinski definition) is 1. The predicted octanol–water partition coefficient (Wildman–Crippen LogP) is 4.18. The topological polar surface area (TPSA) is 20.2 Å². The van der Waals surface area contributed by atoms with Gasteiger partial charge in [0, 0.05) is 5.56 Å². The van der Waals surface area contributed by atoms with Crippen LogP contribution in [0.15, 0.2) is 40.9 Å². The van der Waals surface area contributed by atoms with Crippen molar-refractivity contribution in [3.05, 3.63) is 69.2 Å². The van der Waals surface area contributed by atoms with Crippen LogP contribution in [0.1, 0.15) is 22.8 Å². The second kappa shape index (κ2) is 5.26. The zero-order chi connectivity index (χ0) is 14.3. The van der Waals surface area contributed by atoms with Crippen molar-refractivity contribution in [1.82, 2.24) is 0 Å². The average Bonchev–Trinajstić information content (AvgIpc) is 2.86. The minimum absolute atomic E-state index is 0.0310. The van der Waals surface area contributed by atoms with Crippen molar-refractivity contribution in [3.63, 3.8) is 0 Å². The van der Waals surface area contributed by atoms with Crippen LogP contribution in [0.2, 0.25) is 0 Å². The van der Waals surface area contributed by atoms with Crippen molar-refractivity contribution < 1.29 is 13.9 Å². The molecule has 0 bridgehead atoms. The lowest BCUT2D eigenvalue weighted by atomic mass is 9.93. The highest BCUT2D eigenvalue weighted by Gasteiger charge is 2.30. The van der Waals surface area contributed by atoms with Crippen LogP contribution in [0.25, 0.3) is 0 Å². The Balaban J connectivity index is 1.88. The molecule has 0 saturated carbocycles. The Labute approximate surface area is 124 Å². The summed E-state index contributed by atoms with van der Waals surface area (Å²) in [5.74, 6) is -1.25. The van der Waals surface area contributed by atoms with Crippen LogP contribution in [-0.4, -0.2) is 5.11 Å². The molecule has 104 valence electrons. The van der Waals surface area contributed by atoms with Gasteiger partial charge in [-0.05, 0) is 57.9 Å². The molecule has 2 aromatic rings. The molecule has 0 radical (unpaired) electrons. The fraction of sp³-hybridized carbons (Fsp3) is 0.250. The molecular formula is C16H13BrF2O. The summed E-state index contributed by atoms with van der Waals surface area (Å²) in [5, 5.41) is 10.4. The summed E-state index contributed by atoms with van der Waals surface area (Å²) in [7, 11) is 0. The van der Waals surface area contributed by atoms with Gasteiger partial charge in [0.25, 0.3) is 0 Å². The summed E-state index contributed by atoms with van der Waals surface area (Å²) in [5.41, 5.74) is 2.38. The fourth-order valence-electron chi connectivity index (χ4n) is 2.83. The molecule has 3 rings (SSSR count). The smallest absolute Gasteiger partial charge is 0.137 e. The third-order valence-corrected chi connectivity index (χ3v) is 4.50. The lowest BCUT2D eigenvalue weighted by molar-refractivity contribution is 0.109. The van der Waals surface area contributed by atoms with Crippen molar-refractivity contribution in [2.75, 3.05) is 0 Å². The van der Waals surface area contributed by atoms with Crippen LogP contribution in [0, 0.1) is 17.6 Å². The Bertz CT molecular complexity index is 632. The normalized spacial score (nSPS) is 16.2. The summed E-state index contributed by atoms with van der Waals surface area (Å²) < 4.78 is 27.5. The summed E-state index contributed by atoms with van der Waals surface area (Å²) >= 11 is 2.94. The Morgan fingerprint density at radius 1 is 1.05 bits per heavy atom. The highest BCUT2D eigenvalue weighted by Crippen LogP contribution is 2.37. The average molecular weight is 339 g/mol. The Kier molecular flexibility index (Phi) is 3.61. The van der Waals surface area contributed by atoms with Gasteiger partial charge >= 0.3 is 0 Å². The summed E-state index contributed by atoms with van der Waals surface area (Å²) in [4.78, 5) is 0. The third-order valence-electron chi connectivity index (χ3n) is 3.89. The van der Waals surface area contributed by atoms with Crippen molar-refractivity contribution in [3.8, 4) is 0 Å². The molecule has 0 aliphatic heterocycles. The molecule has 4 heteroatoms. The zero-order valence-corrected chi connectivity index (χ0v) is 12.2. The number of aliphatic hydroxyl groups excluding tert-OH is 1. The lowest BCUT2D eigenvalue weighted by Crippen LogP contribution is -2.14. The standard InChI is InChI=1S/C16H13BrF2O/c17-13-8-14(18)12(7-15(13)19)16(20)11-5-9-3-1-2-4-10(9)6-11/h1-4,7-8,11,16,20H,5-6H2. The maximum Gasteiger partial charge on any atom is 0.137 e. The zero-order valence-electron chi connectivity index (χ0n) is 10.6. The summed E-state index contributed by atoms with van der Waals surface area (Å²) in [6.45, 7) is 0. The fourth-order valence-corrected chi connectivity index (χ4v) is 3.15. The van der Waals surface area contributed by atoms with Crippen LogP contribution >= 0.6 is 15.9 Å². The number of rotatable bonds is 2. The van der Waals surface area contributed by atoms with Crippen LogP contribution in [0.4, 0.5) is 8.78 Å². The summed E-state index contributed by atoms with van der Waals surface area (Å²) in [6.07, 6.45) is 0.383. The maximum absolute atomic E-state index is 13.9. The van der Waals surface area contributed by atoms with Gasteiger partial charge in [-0.25, -0.2) is 8.78 Å². The predicted molar refractivity (Wildman–Crippen MR) is 76.4 cm³/mol. The van der Waals surface area contributed by atoms with Crippen molar-refractivity contribution in [2.45, 2.75) is 18.9 Å². The highest BCUT2D eigenvalue weighted by atomic mass is 79.9. The van der Waals surface area contributed by atoms with Crippen molar-refractivity contribution in [1.29, 1.82) is 0 Å². The van der Waals surface area contributed by atoms with E-state index in [4.69, 9.17) is 0 Å². The Morgan fingerprint density at radius 3 is 2.25 bits per heavy atom. The van der Waals surface area contributed by atoms with E-state index in [0.717, 1.165) is 12.1 Å². The van der Waals surface area contributed by atoms with Gasteiger partial charge in [0.2, 0.25) is 0 Å². The van der Waals surface area contributed by atoms with Gasteiger partial charge in [-0.3, -0.25) is 0 Å². The van der Waals surface area contributed by atoms with E-state index in [1.807, 2.05) is 24.3 Å². The van der Waals surface area contributed by atoms with Gasteiger partial charge < -0.3 is 5.11 Å². The van der Waals surface area contributed by atoms with Crippen LogP contribution in [0.5, 0.6) is 0 Å². The van der Waals surface area contributed by atoms with E-state index in [2.05, 4.69) is 15.9 Å². The van der Waals surface area contributed by atoms with E-state index >= 15 is 0 Å². The van der Waals surface area contributed by atoms with Crippen LogP contribution in [0.3, 0.4) is 0 Å². The first-order chi connectivity index (χ1) is 9.56. The lowest BCUT2D eigenvalue weighted by Gasteiger charge is -2.19. The third kappa shape index (κ3) is 2.38. The first kappa shape index (κ1) is 13.7. The molecule has 20 heavy (non-hydrogen) atoms. The number of benzene rings is 2. The van der Waals surface area contributed by atoms with E-state index in [-0.39, 0.29) is 16.0 Å². The number of halogens is 3. The molecule has 1 atom stereocenters. The SMILES string of the molecule is OC(c1cc(F)c(Br)cc1F)C1Cc2ccccc2C1. The molecule has 0 saturated heterocycles. The van der Waals surface area contributed by atoms with Gasteiger partial charge in [0.1, 0.15) is 11.6 Å². The first-order valence-electron chi connectivity index (χ1n) is 6.45. The number of hydrogen-bond donors (Lipinski definition) is 1. The van der Waals surface area contributed by atoms with E-state index in [1.54, 1.807) is 0 Å². The maximum atomic E-state index is 13.9. The number of aliphatic hydroxyl groups is 1. The molecule has 0 heterocycles. The van der Waals surface area contributed by atoms with E-state index in [9.17, 15) is 13.9 Å². The van der Waals surface area contributed by atoms with Gasteiger partial charge in [0.15, 0.2) is 0 Å². The van der Waals surface area contributed by atoms with Crippen molar-refractivity contribution in [2.24, 2.45) is 5.92 Å². The second-order valence-corrected chi connectivity index (χ2v) is 6.02. The molecule has 0 aromatic heterocycles. The molecule has 0 fully saturated rings. The van der Waals surface area contributed by atoms with Gasteiger partial charge in [-0.2, -0.15) is 0 Å².